The third kappa shape index (κ3) is 2.16. The lowest BCUT2D eigenvalue weighted by Crippen LogP contribution is -2.37. The molecule has 1 fully saturated rings. The molecule has 1 N–H and O–H groups in total. The third-order valence-electron chi connectivity index (χ3n) is 2.83. The molecular formula is C12H12N4OS. The van der Waals surface area contributed by atoms with Crippen molar-refractivity contribution in [1.29, 1.82) is 0 Å². The molecule has 2 unspecified atom stereocenters. The molecule has 2 aromatic rings. The van der Waals surface area contributed by atoms with Gasteiger partial charge in [-0.15, -0.1) is 11.8 Å². The Balaban J connectivity index is 1.71. The van der Waals surface area contributed by atoms with Crippen molar-refractivity contribution in [2.45, 2.75) is 11.4 Å². The van der Waals surface area contributed by atoms with Gasteiger partial charge in [0.1, 0.15) is 6.33 Å². The fourth-order valence-electron chi connectivity index (χ4n) is 1.91. The van der Waals surface area contributed by atoms with E-state index >= 15 is 0 Å². The van der Waals surface area contributed by atoms with E-state index in [0.29, 0.717) is 0 Å². The highest BCUT2D eigenvalue weighted by molar-refractivity contribution is 7.99. The number of aromatic nitrogens is 3. The molecule has 92 valence electrons. The highest BCUT2D eigenvalue weighted by Crippen LogP contribution is 2.32. The fourth-order valence-corrected chi connectivity index (χ4v) is 3.12. The summed E-state index contributed by atoms with van der Waals surface area (Å²) in [4.78, 5) is 20.1. The van der Waals surface area contributed by atoms with Crippen LogP contribution in [0.25, 0.3) is 0 Å². The van der Waals surface area contributed by atoms with Gasteiger partial charge >= 0.3 is 0 Å². The van der Waals surface area contributed by atoms with Crippen LogP contribution in [0.1, 0.15) is 15.7 Å². The summed E-state index contributed by atoms with van der Waals surface area (Å²) in [5, 5.41) is 3.46. The van der Waals surface area contributed by atoms with Crippen LogP contribution >= 0.6 is 11.8 Å². The van der Waals surface area contributed by atoms with Gasteiger partial charge in [0.15, 0.2) is 0 Å². The summed E-state index contributed by atoms with van der Waals surface area (Å²) < 4.78 is 1.52. The van der Waals surface area contributed by atoms with Crippen LogP contribution in [0.3, 0.4) is 0 Å². The Kier molecular flexibility index (Phi) is 3.12. The van der Waals surface area contributed by atoms with Gasteiger partial charge in [-0.3, -0.25) is 19.7 Å². The Morgan fingerprint density at radius 2 is 2.39 bits per heavy atom. The third-order valence-corrected chi connectivity index (χ3v) is 4.09. The van der Waals surface area contributed by atoms with Crippen LogP contribution in [-0.4, -0.2) is 32.2 Å². The zero-order valence-electron chi connectivity index (χ0n) is 9.56. The maximum atomic E-state index is 12.1. The second-order valence-electron chi connectivity index (χ2n) is 4.03. The van der Waals surface area contributed by atoms with Crippen molar-refractivity contribution in [3.8, 4) is 0 Å². The van der Waals surface area contributed by atoms with Gasteiger partial charge in [-0.2, -0.15) is 0 Å². The average Bonchev–Trinajstić information content (AvgIpc) is 3.10. The first-order valence-corrected chi connectivity index (χ1v) is 6.69. The molecule has 1 aliphatic heterocycles. The van der Waals surface area contributed by atoms with Gasteiger partial charge in [-0.05, 0) is 11.6 Å². The van der Waals surface area contributed by atoms with Gasteiger partial charge in [-0.1, -0.05) is 6.07 Å². The molecule has 0 aliphatic carbocycles. The Morgan fingerprint density at radius 3 is 3.11 bits per heavy atom. The number of nitrogens with one attached hydrogen (secondary N) is 1. The second-order valence-corrected chi connectivity index (χ2v) is 5.17. The number of carbonyl (C=O) groups is 1. The number of pyridine rings is 1. The molecule has 3 rings (SSSR count). The van der Waals surface area contributed by atoms with Gasteiger partial charge in [-0.25, -0.2) is 4.98 Å². The summed E-state index contributed by atoms with van der Waals surface area (Å²) in [6.07, 6.45) is 8.39. The van der Waals surface area contributed by atoms with Crippen molar-refractivity contribution in [3.63, 3.8) is 0 Å². The van der Waals surface area contributed by atoms with Crippen LogP contribution < -0.4 is 5.32 Å². The lowest BCUT2D eigenvalue weighted by molar-refractivity contribution is 0.0873. The number of carbonyl (C=O) groups excluding carboxylic acids is 1. The molecule has 18 heavy (non-hydrogen) atoms. The number of nitrogens with zero attached hydrogens (tertiary/aromatic N) is 3. The topological polar surface area (TPSA) is 59.8 Å². The van der Waals surface area contributed by atoms with E-state index in [1.54, 1.807) is 30.4 Å². The maximum Gasteiger partial charge on any atom is 0.249 e. The van der Waals surface area contributed by atoms with E-state index in [1.807, 2.05) is 18.3 Å². The standard InChI is InChI=1S/C12H12N4OS/c17-12(16-5-4-14-8-16)10-7-18-11(15-10)9-2-1-3-13-6-9/h1-6,8,10-11,15H,7H2. The molecule has 3 heterocycles. The molecule has 0 bridgehead atoms. The van der Waals surface area contributed by atoms with Gasteiger partial charge in [0.25, 0.3) is 0 Å². The quantitative estimate of drug-likeness (QED) is 0.882. The average molecular weight is 260 g/mol. The van der Waals surface area contributed by atoms with E-state index in [2.05, 4.69) is 15.3 Å². The van der Waals surface area contributed by atoms with Gasteiger partial charge in [0, 0.05) is 30.5 Å². The van der Waals surface area contributed by atoms with Crippen LogP contribution in [0.5, 0.6) is 0 Å². The van der Waals surface area contributed by atoms with Crippen molar-refractivity contribution in [2.75, 3.05) is 5.75 Å². The van der Waals surface area contributed by atoms with Crippen molar-refractivity contribution in [3.05, 3.63) is 48.8 Å². The summed E-state index contributed by atoms with van der Waals surface area (Å²) in [7, 11) is 0. The summed E-state index contributed by atoms with van der Waals surface area (Å²) in [5.41, 5.74) is 1.10. The predicted octanol–water partition coefficient (Wildman–Crippen LogP) is 1.32. The normalized spacial score (nSPS) is 23.1. The Bertz CT molecular complexity index is 528. The highest BCUT2D eigenvalue weighted by atomic mass is 32.2. The molecule has 2 atom stereocenters. The number of hydrogen-bond donors (Lipinski definition) is 1. The monoisotopic (exact) mass is 260 g/mol. The van der Waals surface area contributed by atoms with Gasteiger partial charge < -0.3 is 0 Å². The van der Waals surface area contributed by atoms with Crippen LogP contribution in [-0.2, 0) is 0 Å². The Hall–Kier alpha value is -1.66. The van der Waals surface area contributed by atoms with Crippen LogP contribution in [0.2, 0.25) is 0 Å². The van der Waals surface area contributed by atoms with E-state index in [-0.39, 0.29) is 17.3 Å². The Morgan fingerprint density at radius 1 is 1.44 bits per heavy atom. The van der Waals surface area contributed by atoms with E-state index < -0.39 is 0 Å². The van der Waals surface area contributed by atoms with Crippen LogP contribution in [0, 0.1) is 0 Å². The number of imidazole rings is 1. The molecule has 6 heteroatoms. The lowest BCUT2D eigenvalue weighted by Gasteiger charge is -2.12. The van der Waals surface area contributed by atoms with Gasteiger partial charge in [0.2, 0.25) is 5.91 Å². The van der Waals surface area contributed by atoms with E-state index in [9.17, 15) is 4.79 Å². The summed E-state index contributed by atoms with van der Waals surface area (Å²) in [6.45, 7) is 0. The molecule has 5 nitrogen and oxygen atoms in total. The van der Waals surface area contributed by atoms with E-state index in [0.717, 1.165) is 11.3 Å². The first kappa shape index (κ1) is 11.4. The van der Waals surface area contributed by atoms with Crippen molar-refractivity contribution < 1.29 is 4.79 Å². The lowest BCUT2D eigenvalue weighted by atomic mass is 10.2. The summed E-state index contributed by atoms with van der Waals surface area (Å²) in [5.74, 6) is 0.794. The zero-order valence-corrected chi connectivity index (χ0v) is 10.4. The molecule has 0 amide bonds. The molecule has 2 aromatic heterocycles. The van der Waals surface area contributed by atoms with Gasteiger partial charge in [0.05, 0.1) is 11.4 Å². The molecular weight excluding hydrogens is 248 g/mol. The summed E-state index contributed by atoms with van der Waals surface area (Å²) >= 11 is 1.72. The first-order chi connectivity index (χ1) is 8.84. The molecule has 0 saturated carbocycles. The molecule has 0 aromatic carbocycles. The number of rotatable bonds is 2. The zero-order chi connectivity index (χ0) is 12.4. The van der Waals surface area contributed by atoms with E-state index in [1.165, 1.54) is 10.9 Å². The minimum atomic E-state index is -0.172. The minimum absolute atomic E-state index is 0.0337. The Labute approximate surface area is 109 Å². The molecule has 0 radical (unpaired) electrons. The molecule has 1 saturated heterocycles. The number of hydrogen-bond acceptors (Lipinski definition) is 5. The van der Waals surface area contributed by atoms with Crippen molar-refractivity contribution >= 4 is 17.7 Å². The first-order valence-electron chi connectivity index (χ1n) is 5.64. The van der Waals surface area contributed by atoms with Crippen molar-refractivity contribution in [2.24, 2.45) is 0 Å². The van der Waals surface area contributed by atoms with E-state index in [4.69, 9.17) is 0 Å². The fraction of sp³-hybridized carbons (Fsp3) is 0.250. The largest absolute Gasteiger partial charge is 0.290 e. The molecule has 0 spiro atoms. The SMILES string of the molecule is O=C(C1CSC(c2cccnc2)N1)n1ccnc1. The highest BCUT2D eigenvalue weighted by Gasteiger charge is 2.31. The van der Waals surface area contributed by atoms with Crippen molar-refractivity contribution in [1.82, 2.24) is 19.9 Å². The predicted molar refractivity (Wildman–Crippen MR) is 69.2 cm³/mol. The van der Waals surface area contributed by atoms with Crippen LogP contribution in [0.4, 0.5) is 0 Å². The smallest absolute Gasteiger partial charge is 0.249 e. The summed E-state index contributed by atoms with van der Waals surface area (Å²) in [6, 6.07) is 3.75. The number of thioether (sulfide) groups is 1. The minimum Gasteiger partial charge on any atom is -0.290 e. The maximum absolute atomic E-state index is 12.1. The molecule has 1 aliphatic rings. The second kappa shape index (κ2) is 4.91. The van der Waals surface area contributed by atoms with Crippen LogP contribution in [0.15, 0.2) is 43.2 Å².